The zero-order valence-corrected chi connectivity index (χ0v) is 9.98. The van der Waals surface area contributed by atoms with Crippen LogP contribution in [0.15, 0.2) is 24.3 Å². The van der Waals surface area contributed by atoms with Crippen molar-refractivity contribution in [1.82, 2.24) is 0 Å². The fourth-order valence-electron chi connectivity index (χ4n) is 1.29. The molecule has 1 rings (SSSR count). The summed E-state index contributed by atoms with van der Waals surface area (Å²) in [6, 6.07) is 6.84. The van der Waals surface area contributed by atoms with Crippen molar-refractivity contribution < 1.29 is 19.3 Å². The van der Waals surface area contributed by atoms with Crippen molar-refractivity contribution in [2.24, 2.45) is 0 Å². The third-order valence-electron chi connectivity index (χ3n) is 2.19. The van der Waals surface area contributed by atoms with Crippen LogP contribution in [0, 0.1) is 6.92 Å². The van der Waals surface area contributed by atoms with Crippen molar-refractivity contribution in [3.63, 3.8) is 0 Å². The van der Waals surface area contributed by atoms with E-state index in [0.717, 1.165) is 19.3 Å². The minimum atomic E-state index is -0.544. The van der Waals surface area contributed by atoms with Crippen LogP contribution in [0.5, 0.6) is 5.75 Å². The zero-order chi connectivity index (χ0) is 12.5. The van der Waals surface area contributed by atoms with Crippen molar-refractivity contribution in [3.8, 4) is 5.75 Å². The fraction of sp³-hybridized carbons (Fsp3) is 0.385. The summed E-state index contributed by atoms with van der Waals surface area (Å²) in [5.74, 6) is -0.0732. The molecule has 0 aliphatic heterocycles. The van der Waals surface area contributed by atoms with E-state index in [9.17, 15) is 4.79 Å². The molecule has 0 amide bonds. The molecule has 0 N–H and O–H groups in total. The largest absolute Gasteiger partial charge is 0.496 e. The molecule has 0 aromatic heterocycles. The van der Waals surface area contributed by atoms with Gasteiger partial charge in [0.15, 0.2) is 0 Å². The van der Waals surface area contributed by atoms with Gasteiger partial charge in [-0.1, -0.05) is 31.9 Å². The monoisotopic (exact) mass is 237 g/mol. The highest BCUT2D eigenvalue weighted by Gasteiger charge is 2.13. The van der Waals surface area contributed by atoms with E-state index >= 15 is 0 Å². The summed E-state index contributed by atoms with van der Waals surface area (Å²) in [6.07, 6.45) is 2.62. The number of hydrogen-bond donors (Lipinski definition) is 0. The number of carbonyl (C=O) groups is 1. The van der Waals surface area contributed by atoms with Gasteiger partial charge in [-0.2, -0.15) is 4.89 Å². The minimum absolute atomic E-state index is 0.354. The second-order valence-electron chi connectivity index (χ2n) is 3.45. The van der Waals surface area contributed by atoms with Gasteiger partial charge in [-0.05, 0) is 18.6 Å². The first-order valence-electron chi connectivity index (χ1n) is 5.55. The van der Waals surface area contributed by atoms with Gasteiger partial charge in [0.1, 0.15) is 11.3 Å². The average Bonchev–Trinajstić information content (AvgIpc) is 2.38. The molecule has 0 aliphatic rings. The van der Waals surface area contributed by atoms with Crippen LogP contribution in [-0.2, 0) is 9.78 Å². The first-order valence-corrected chi connectivity index (χ1v) is 5.55. The number of para-hydroxylation sites is 1. The Morgan fingerprint density at radius 2 is 2.06 bits per heavy atom. The van der Waals surface area contributed by atoms with Crippen molar-refractivity contribution >= 4 is 5.97 Å². The van der Waals surface area contributed by atoms with Crippen molar-refractivity contribution in [2.45, 2.75) is 19.3 Å². The molecule has 4 nitrogen and oxygen atoms in total. The van der Waals surface area contributed by atoms with Crippen LogP contribution in [0.25, 0.3) is 0 Å². The highest BCUT2D eigenvalue weighted by molar-refractivity contribution is 5.92. The van der Waals surface area contributed by atoms with E-state index in [2.05, 4.69) is 11.8 Å². The summed E-state index contributed by atoms with van der Waals surface area (Å²) in [6.45, 7) is 4.09. The molecule has 0 saturated heterocycles. The minimum Gasteiger partial charge on any atom is -0.496 e. The van der Waals surface area contributed by atoms with Gasteiger partial charge in [0.2, 0.25) is 0 Å². The number of methoxy groups -OCH3 is 1. The van der Waals surface area contributed by atoms with Crippen LogP contribution in [-0.4, -0.2) is 19.7 Å². The van der Waals surface area contributed by atoms with Gasteiger partial charge in [0.25, 0.3) is 0 Å². The second-order valence-corrected chi connectivity index (χ2v) is 3.45. The maximum absolute atomic E-state index is 11.6. The van der Waals surface area contributed by atoms with E-state index in [1.54, 1.807) is 24.3 Å². The quantitative estimate of drug-likeness (QED) is 0.415. The Labute approximate surface area is 101 Å². The molecular weight excluding hydrogens is 220 g/mol. The predicted molar refractivity (Wildman–Crippen MR) is 63.6 cm³/mol. The van der Waals surface area contributed by atoms with E-state index in [0.29, 0.717) is 17.9 Å². The molecular formula is C13H17O4. The molecule has 17 heavy (non-hydrogen) atoms. The van der Waals surface area contributed by atoms with E-state index in [-0.39, 0.29) is 0 Å². The Morgan fingerprint density at radius 1 is 1.29 bits per heavy atom. The van der Waals surface area contributed by atoms with Gasteiger partial charge in [-0.3, -0.25) is 4.89 Å². The SMILES string of the molecule is [CH2]CCCCOOC(=O)c1ccccc1OC. The molecule has 1 aromatic rings. The van der Waals surface area contributed by atoms with Crippen molar-refractivity contribution in [2.75, 3.05) is 13.7 Å². The van der Waals surface area contributed by atoms with Gasteiger partial charge < -0.3 is 4.74 Å². The maximum Gasteiger partial charge on any atom is 0.376 e. The lowest BCUT2D eigenvalue weighted by Crippen LogP contribution is -2.08. The zero-order valence-electron chi connectivity index (χ0n) is 9.98. The van der Waals surface area contributed by atoms with Crippen LogP contribution in [0.1, 0.15) is 29.6 Å². The maximum atomic E-state index is 11.6. The molecule has 0 atom stereocenters. The Morgan fingerprint density at radius 3 is 2.76 bits per heavy atom. The van der Waals surface area contributed by atoms with E-state index in [4.69, 9.17) is 9.62 Å². The summed E-state index contributed by atoms with van der Waals surface area (Å²) in [5.41, 5.74) is 0.354. The molecule has 93 valence electrons. The van der Waals surface area contributed by atoms with Crippen LogP contribution in [0.3, 0.4) is 0 Å². The van der Waals surface area contributed by atoms with Crippen molar-refractivity contribution in [3.05, 3.63) is 36.8 Å². The molecule has 0 spiro atoms. The Hall–Kier alpha value is -1.55. The lowest BCUT2D eigenvalue weighted by Gasteiger charge is -2.07. The Kier molecular flexibility index (Phi) is 6.10. The van der Waals surface area contributed by atoms with Gasteiger partial charge in [-0.25, -0.2) is 4.79 Å². The Balaban J connectivity index is 2.41. The molecule has 0 aliphatic carbocycles. The molecule has 0 heterocycles. The number of unbranched alkanes of at least 4 members (excludes halogenated alkanes) is 2. The van der Waals surface area contributed by atoms with Crippen LogP contribution >= 0.6 is 0 Å². The van der Waals surface area contributed by atoms with E-state index in [1.807, 2.05) is 0 Å². The smallest absolute Gasteiger partial charge is 0.376 e. The highest BCUT2D eigenvalue weighted by atomic mass is 17.2. The normalized spacial score (nSPS) is 10.0. The number of benzene rings is 1. The van der Waals surface area contributed by atoms with Crippen molar-refractivity contribution in [1.29, 1.82) is 0 Å². The number of ether oxygens (including phenoxy) is 1. The number of hydrogen-bond acceptors (Lipinski definition) is 4. The van der Waals surface area contributed by atoms with Gasteiger partial charge in [0.05, 0.1) is 13.7 Å². The van der Waals surface area contributed by atoms with E-state index < -0.39 is 5.97 Å². The average molecular weight is 237 g/mol. The second kappa shape index (κ2) is 7.68. The summed E-state index contributed by atoms with van der Waals surface area (Å²) in [4.78, 5) is 21.1. The van der Waals surface area contributed by atoms with Gasteiger partial charge >= 0.3 is 5.97 Å². The molecule has 0 saturated carbocycles. The molecule has 1 aromatic carbocycles. The molecule has 0 fully saturated rings. The standard InChI is InChI=1S/C13H17O4/c1-3-4-7-10-16-17-13(14)11-8-5-6-9-12(11)15-2/h5-6,8-9H,1,3-4,7,10H2,2H3. The summed E-state index contributed by atoms with van der Waals surface area (Å²) in [7, 11) is 1.50. The predicted octanol–water partition coefficient (Wildman–Crippen LogP) is 2.79. The molecule has 4 heteroatoms. The lowest BCUT2D eigenvalue weighted by molar-refractivity contribution is -0.241. The van der Waals surface area contributed by atoms with Crippen LogP contribution in [0.4, 0.5) is 0 Å². The van der Waals surface area contributed by atoms with E-state index in [1.165, 1.54) is 7.11 Å². The number of carbonyl (C=O) groups excluding carboxylic acids is 1. The topological polar surface area (TPSA) is 44.8 Å². The Bertz CT molecular complexity index is 349. The summed E-state index contributed by atoms with van der Waals surface area (Å²) in [5, 5.41) is 0. The van der Waals surface area contributed by atoms with Crippen LogP contribution < -0.4 is 4.74 Å². The number of rotatable bonds is 7. The van der Waals surface area contributed by atoms with Crippen LogP contribution in [0.2, 0.25) is 0 Å². The lowest BCUT2D eigenvalue weighted by atomic mass is 10.2. The molecule has 0 bridgehead atoms. The van der Waals surface area contributed by atoms with Gasteiger partial charge in [0, 0.05) is 0 Å². The first kappa shape index (κ1) is 13.5. The highest BCUT2D eigenvalue weighted by Crippen LogP contribution is 2.18. The first-order chi connectivity index (χ1) is 8.29. The fourth-order valence-corrected chi connectivity index (χ4v) is 1.29. The summed E-state index contributed by atoms with van der Waals surface area (Å²) >= 11 is 0. The molecule has 1 radical (unpaired) electrons. The summed E-state index contributed by atoms with van der Waals surface area (Å²) < 4.78 is 5.05. The molecule has 0 unspecified atom stereocenters. The third kappa shape index (κ3) is 4.44. The van der Waals surface area contributed by atoms with Gasteiger partial charge in [-0.15, -0.1) is 0 Å². The third-order valence-corrected chi connectivity index (χ3v) is 2.19.